The lowest BCUT2D eigenvalue weighted by atomic mass is 10.1. The van der Waals surface area contributed by atoms with Crippen LogP contribution in [-0.4, -0.2) is 17.9 Å². The predicted octanol–water partition coefficient (Wildman–Crippen LogP) is 1.90. The van der Waals surface area contributed by atoms with Gasteiger partial charge in [0, 0.05) is 0 Å². The zero-order chi connectivity index (χ0) is 14.7. The fourth-order valence-electron chi connectivity index (χ4n) is 1.28. The van der Waals surface area contributed by atoms with Crippen LogP contribution in [0.1, 0.15) is 0 Å². The molecule has 2 rings (SSSR count). The molecule has 0 unspecified atom stereocenters. The first-order valence-electron chi connectivity index (χ1n) is 5.28. The van der Waals surface area contributed by atoms with Crippen molar-refractivity contribution in [1.82, 2.24) is 0 Å². The summed E-state index contributed by atoms with van der Waals surface area (Å²) in [7, 11) is 0. The van der Waals surface area contributed by atoms with Gasteiger partial charge in [0.15, 0.2) is 0 Å². The van der Waals surface area contributed by atoms with E-state index in [0.717, 1.165) is 5.56 Å². The second kappa shape index (κ2) is 9.23. The normalized spacial score (nSPS) is 8.21. The van der Waals surface area contributed by atoms with E-state index >= 15 is 0 Å². The highest BCUT2D eigenvalue weighted by atomic mass is 16.3. The summed E-state index contributed by atoms with van der Waals surface area (Å²) < 4.78 is 0. The summed E-state index contributed by atoms with van der Waals surface area (Å²) in [4.78, 5) is 17.0. The summed E-state index contributed by atoms with van der Waals surface area (Å²) in [5, 5.41) is 9.10. The van der Waals surface area contributed by atoms with E-state index in [-0.39, 0.29) is 0 Å². The van der Waals surface area contributed by atoms with Crippen LogP contribution in [0.25, 0.3) is 11.1 Å². The lowest BCUT2D eigenvalue weighted by Crippen LogP contribution is -2.18. The minimum atomic E-state index is -0.833. The van der Waals surface area contributed by atoms with E-state index in [1.54, 1.807) is 12.1 Å². The molecule has 0 aliphatic heterocycles. The molecule has 0 heterocycles. The standard InChI is InChI=1S/C12H10O.CH4N2O.CH2O/c13-12-8-6-11(7-9-12)10-4-2-1-3-5-10;2-1(3)4;1-2/h1-9,13H;(H4,2,3,4);1H2. The summed E-state index contributed by atoms with van der Waals surface area (Å²) in [6.45, 7) is 2.00. The molecule has 19 heavy (non-hydrogen) atoms. The first kappa shape index (κ1) is 16.2. The average Bonchev–Trinajstić information content (AvgIpc) is 2.42. The average molecular weight is 260 g/mol. The Bertz CT molecular complexity index is 480. The number of benzene rings is 2. The highest BCUT2D eigenvalue weighted by Gasteiger charge is 1.94. The van der Waals surface area contributed by atoms with E-state index in [1.165, 1.54) is 5.56 Å². The van der Waals surface area contributed by atoms with Gasteiger partial charge in [0.25, 0.3) is 0 Å². The van der Waals surface area contributed by atoms with Crippen LogP contribution < -0.4 is 11.5 Å². The highest BCUT2D eigenvalue weighted by molar-refractivity contribution is 5.69. The molecule has 0 saturated heterocycles. The van der Waals surface area contributed by atoms with Gasteiger partial charge in [-0.05, 0) is 23.3 Å². The van der Waals surface area contributed by atoms with Crippen molar-refractivity contribution in [3.05, 3.63) is 54.6 Å². The number of carbonyl (C=O) groups excluding carboxylic acids is 2. The molecule has 0 fully saturated rings. The number of rotatable bonds is 1. The van der Waals surface area contributed by atoms with Crippen LogP contribution >= 0.6 is 0 Å². The largest absolute Gasteiger partial charge is 0.508 e. The molecular weight excluding hydrogens is 244 g/mol. The Morgan fingerprint density at radius 1 is 0.842 bits per heavy atom. The van der Waals surface area contributed by atoms with Crippen molar-refractivity contribution < 1.29 is 14.7 Å². The van der Waals surface area contributed by atoms with Gasteiger partial charge in [0.1, 0.15) is 12.5 Å². The maximum atomic E-state index is 9.10. The van der Waals surface area contributed by atoms with Gasteiger partial charge in [-0.15, -0.1) is 0 Å². The van der Waals surface area contributed by atoms with Gasteiger partial charge >= 0.3 is 6.03 Å². The van der Waals surface area contributed by atoms with Crippen molar-refractivity contribution in [2.45, 2.75) is 0 Å². The number of hydrogen-bond acceptors (Lipinski definition) is 3. The molecule has 0 aliphatic carbocycles. The zero-order valence-corrected chi connectivity index (χ0v) is 10.3. The van der Waals surface area contributed by atoms with E-state index in [0.29, 0.717) is 5.75 Å². The Balaban J connectivity index is 0.000000467. The summed E-state index contributed by atoms with van der Waals surface area (Å²) in [6.07, 6.45) is 0. The smallest absolute Gasteiger partial charge is 0.309 e. The third-order valence-electron chi connectivity index (χ3n) is 1.97. The lowest BCUT2D eigenvalue weighted by molar-refractivity contribution is -0.0979. The van der Waals surface area contributed by atoms with E-state index < -0.39 is 6.03 Å². The number of carbonyl (C=O) groups is 2. The minimum absolute atomic E-state index is 0.305. The Kier molecular flexibility index (Phi) is 7.86. The van der Waals surface area contributed by atoms with Gasteiger partial charge in [0.2, 0.25) is 0 Å². The van der Waals surface area contributed by atoms with E-state index in [9.17, 15) is 0 Å². The zero-order valence-electron chi connectivity index (χ0n) is 10.3. The molecule has 0 atom stereocenters. The van der Waals surface area contributed by atoms with Gasteiger partial charge in [0.05, 0.1) is 0 Å². The Labute approximate surface area is 111 Å². The third-order valence-corrected chi connectivity index (χ3v) is 1.97. The summed E-state index contributed by atoms with van der Waals surface area (Å²) in [6, 6.07) is 16.5. The number of hydrogen-bond donors (Lipinski definition) is 3. The number of phenolic OH excluding ortho intramolecular Hbond substituents is 1. The molecule has 100 valence electrons. The molecule has 0 aromatic heterocycles. The van der Waals surface area contributed by atoms with Crippen molar-refractivity contribution in [2.24, 2.45) is 11.5 Å². The number of aromatic hydroxyl groups is 1. The second-order valence-corrected chi connectivity index (χ2v) is 3.32. The number of urea groups is 1. The fourth-order valence-corrected chi connectivity index (χ4v) is 1.28. The third kappa shape index (κ3) is 7.17. The van der Waals surface area contributed by atoms with Crippen LogP contribution in [0.5, 0.6) is 5.75 Å². The second-order valence-electron chi connectivity index (χ2n) is 3.32. The first-order chi connectivity index (χ1) is 9.09. The number of phenols is 1. The molecule has 2 aromatic carbocycles. The van der Waals surface area contributed by atoms with Gasteiger partial charge in [-0.2, -0.15) is 0 Å². The molecule has 5 nitrogen and oxygen atoms in total. The summed E-state index contributed by atoms with van der Waals surface area (Å²) >= 11 is 0. The molecular formula is C14H16N2O3. The SMILES string of the molecule is C=O.NC(N)=O.Oc1ccc(-c2ccccc2)cc1. The fraction of sp³-hybridized carbons (Fsp3) is 0. The molecule has 0 radical (unpaired) electrons. The van der Waals surface area contributed by atoms with E-state index in [4.69, 9.17) is 14.7 Å². The summed E-state index contributed by atoms with van der Waals surface area (Å²) in [5.74, 6) is 0.305. The quantitative estimate of drug-likeness (QED) is 0.728. The monoisotopic (exact) mass is 260 g/mol. The molecule has 2 amide bonds. The van der Waals surface area contributed by atoms with Crippen molar-refractivity contribution in [2.75, 3.05) is 0 Å². The Morgan fingerprint density at radius 3 is 1.63 bits per heavy atom. The first-order valence-corrected chi connectivity index (χ1v) is 5.28. The number of nitrogens with two attached hydrogens (primary N) is 2. The van der Waals surface area contributed by atoms with Crippen LogP contribution in [0.3, 0.4) is 0 Å². The van der Waals surface area contributed by atoms with Gasteiger partial charge in [-0.3, -0.25) is 0 Å². The Hall–Kier alpha value is -2.82. The number of primary amides is 2. The van der Waals surface area contributed by atoms with E-state index in [1.807, 2.05) is 49.3 Å². The van der Waals surface area contributed by atoms with Crippen LogP contribution in [0, 0.1) is 0 Å². The summed E-state index contributed by atoms with van der Waals surface area (Å²) in [5.41, 5.74) is 10.8. The van der Waals surface area contributed by atoms with Gasteiger partial charge in [-0.25, -0.2) is 4.79 Å². The van der Waals surface area contributed by atoms with Crippen molar-refractivity contribution in [1.29, 1.82) is 0 Å². The molecule has 0 aliphatic rings. The molecule has 0 bridgehead atoms. The molecule has 2 aromatic rings. The molecule has 5 N–H and O–H groups in total. The van der Waals surface area contributed by atoms with Crippen LogP contribution in [-0.2, 0) is 4.79 Å². The lowest BCUT2D eigenvalue weighted by Gasteiger charge is -2.00. The van der Waals surface area contributed by atoms with Crippen molar-refractivity contribution >= 4 is 12.8 Å². The van der Waals surface area contributed by atoms with Crippen LogP contribution in [0.2, 0.25) is 0 Å². The highest BCUT2D eigenvalue weighted by Crippen LogP contribution is 2.20. The van der Waals surface area contributed by atoms with Crippen LogP contribution in [0.4, 0.5) is 4.79 Å². The maximum Gasteiger partial charge on any atom is 0.309 e. The minimum Gasteiger partial charge on any atom is -0.508 e. The van der Waals surface area contributed by atoms with Crippen LogP contribution in [0.15, 0.2) is 54.6 Å². The van der Waals surface area contributed by atoms with E-state index in [2.05, 4.69) is 11.5 Å². The molecule has 0 spiro atoms. The predicted molar refractivity (Wildman–Crippen MR) is 74.4 cm³/mol. The van der Waals surface area contributed by atoms with Crippen molar-refractivity contribution in [3.8, 4) is 16.9 Å². The topological polar surface area (TPSA) is 106 Å². The van der Waals surface area contributed by atoms with Crippen molar-refractivity contribution in [3.63, 3.8) is 0 Å². The molecule has 0 saturated carbocycles. The number of amides is 2. The Morgan fingerprint density at radius 2 is 1.21 bits per heavy atom. The molecule has 5 heteroatoms. The van der Waals surface area contributed by atoms with Gasteiger partial charge < -0.3 is 21.4 Å². The van der Waals surface area contributed by atoms with Gasteiger partial charge in [-0.1, -0.05) is 42.5 Å². The maximum absolute atomic E-state index is 9.10.